The van der Waals surface area contributed by atoms with Crippen molar-refractivity contribution in [1.29, 1.82) is 0 Å². The maximum Gasteiger partial charge on any atom is 0.242 e. The minimum Gasteiger partial charge on any atom is -0.340 e. The van der Waals surface area contributed by atoms with Crippen molar-refractivity contribution in [1.82, 2.24) is 10.2 Å². The van der Waals surface area contributed by atoms with Crippen molar-refractivity contribution in [3.63, 3.8) is 0 Å². The molecule has 1 fully saturated rings. The molecule has 1 heterocycles. The van der Waals surface area contributed by atoms with Crippen molar-refractivity contribution < 1.29 is 9.18 Å². The van der Waals surface area contributed by atoms with Crippen LogP contribution in [0.2, 0.25) is 0 Å². The molecule has 112 valence electrons. The number of carbonyl (C=O) groups is 1. The Labute approximate surface area is 125 Å². The predicted molar refractivity (Wildman–Crippen MR) is 80.4 cm³/mol. The molecule has 0 spiro atoms. The fourth-order valence-corrected chi connectivity index (χ4v) is 2.76. The molecule has 1 aromatic rings. The summed E-state index contributed by atoms with van der Waals surface area (Å²) in [6.45, 7) is 3.22. The molecule has 1 aliphatic rings. The number of hydrogen-bond acceptors (Lipinski definition) is 2. The zero-order chi connectivity index (χ0) is 13.9. The normalized spacial score (nSPS) is 21.4. The number of carbonyl (C=O) groups excluding carboxylic acids is 1. The van der Waals surface area contributed by atoms with Gasteiger partial charge in [0.2, 0.25) is 5.91 Å². The predicted octanol–water partition coefficient (Wildman–Crippen LogP) is 2.74. The van der Waals surface area contributed by atoms with Crippen LogP contribution in [0.3, 0.4) is 0 Å². The van der Waals surface area contributed by atoms with E-state index < -0.39 is 5.54 Å². The number of benzene rings is 1. The first-order chi connectivity index (χ1) is 9.09. The molecule has 2 rings (SSSR count). The topological polar surface area (TPSA) is 32.3 Å². The monoisotopic (exact) mass is 300 g/mol. The van der Waals surface area contributed by atoms with Crippen molar-refractivity contribution in [2.75, 3.05) is 13.6 Å². The largest absolute Gasteiger partial charge is 0.340 e. The van der Waals surface area contributed by atoms with Gasteiger partial charge in [-0.3, -0.25) is 4.79 Å². The summed E-state index contributed by atoms with van der Waals surface area (Å²) in [6, 6.07) is 6.60. The Hall–Kier alpha value is -1.13. The van der Waals surface area contributed by atoms with Gasteiger partial charge in [-0.25, -0.2) is 4.39 Å². The Morgan fingerprint density at radius 3 is 2.70 bits per heavy atom. The first kappa shape index (κ1) is 16.9. The van der Waals surface area contributed by atoms with Gasteiger partial charge in [0, 0.05) is 19.2 Å². The number of hydrogen-bond donors (Lipinski definition) is 1. The first-order valence-corrected chi connectivity index (χ1v) is 6.83. The molecule has 0 saturated carbocycles. The lowest BCUT2D eigenvalue weighted by Crippen LogP contribution is -2.53. The van der Waals surface area contributed by atoms with E-state index in [1.54, 1.807) is 30.1 Å². The van der Waals surface area contributed by atoms with Crippen LogP contribution in [-0.2, 0) is 11.3 Å². The van der Waals surface area contributed by atoms with Crippen LogP contribution in [0.25, 0.3) is 0 Å². The van der Waals surface area contributed by atoms with Crippen LogP contribution < -0.4 is 5.32 Å². The lowest BCUT2D eigenvalue weighted by atomic mass is 9.92. The second-order valence-electron chi connectivity index (χ2n) is 5.22. The van der Waals surface area contributed by atoms with Gasteiger partial charge in [0.05, 0.1) is 5.54 Å². The summed E-state index contributed by atoms with van der Waals surface area (Å²) >= 11 is 0. The number of amides is 1. The quantitative estimate of drug-likeness (QED) is 0.927. The van der Waals surface area contributed by atoms with E-state index in [9.17, 15) is 9.18 Å². The highest BCUT2D eigenvalue weighted by Gasteiger charge is 2.40. The van der Waals surface area contributed by atoms with Crippen LogP contribution in [0.1, 0.15) is 31.7 Å². The number of nitrogens with one attached hydrogen (secondary N) is 1. The average molecular weight is 301 g/mol. The van der Waals surface area contributed by atoms with Gasteiger partial charge in [-0.2, -0.15) is 0 Å². The zero-order valence-electron chi connectivity index (χ0n) is 12.0. The highest BCUT2D eigenvalue weighted by molar-refractivity contribution is 5.86. The van der Waals surface area contributed by atoms with E-state index in [-0.39, 0.29) is 24.1 Å². The van der Waals surface area contributed by atoms with E-state index in [0.29, 0.717) is 12.1 Å². The molecular weight excluding hydrogens is 279 g/mol. The Kier molecular flexibility index (Phi) is 5.96. The van der Waals surface area contributed by atoms with Crippen molar-refractivity contribution in [2.45, 2.75) is 38.3 Å². The molecule has 1 aliphatic heterocycles. The first-order valence-electron chi connectivity index (χ1n) is 6.83. The molecule has 0 aromatic heterocycles. The van der Waals surface area contributed by atoms with Crippen LogP contribution >= 0.6 is 12.4 Å². The zero-order valence-corrected chi connectivity index (χ0v) is 12.8. The molecule has 1 N–H and O–H groups in total. The fourth-order valence-electron chi connectivity index (χ4n) is 2.76. The Morgan fingerprint density at radius 1 is 1.45 bits per heavy atom. The number of likely N-dealkylation sites (N-methyl/N-ethyl adjacent to an activating group) is 1. The molecule has 3 nitrogen and oxygen atoms in total. The van der Waals surface area contributed by atoms with Gasteiger partial charge in [-0.1, -0.05) is 25.1 Å². The molecule has 0 aliphatic carbocycles. The highest BCUT2D eigenvalue weighted by Crippen LogP contribution is 2.25. The van der Waals surface area contributed by atoms with Crippen LogP contribution in [0.15, 0.2) is 24.3 Å². The molecule has 1 amide bonds. The Morgan fingerprint density at radius 2 is 2.15 bits per heavy atom. The summed E-state index contributed by atoms with van der Waals surface area (Å²) < 4.78 is 13.6. The van der Waals surface area contributed by atoms with E-state index in [0.717, 1.165) is 25.8 Å². The van der Waals surface area contributed by atoms with Crippen LogP contribution in [0.4, 0.5) is 4.39 Å². The number of nitrogens with zero attached hydrogens (tertiary/aromatic N) is 1. The molecule has 1 atom stereocenters. The molecule has 20 heavy (non-hydrogen) atoms. The Bertz CT molecular complexity index is 461. The maximum atomic E-state index is 13.6. The van der Waals surface area contributed by atoms with Gasteiger partial charge in [0.15, 0.2) is 0 Å². The minimum atomic E-state index is -0.444. The third-order valence-electron chi connectivity index (χ3n) is 3.97. The standard InChI is InChI=1S/C15H21FN2O.ClH/c1-3-15(9-6-10-17-15)14(19)18(2)11-12-7-4-5-8-13(12)16;/h4-5,7-8,17H,3,6,9-11H2,1-2H3;1H. The van der Waals surface area contributed by atoms with Crippen LogP contribution in [0.5, 0.6) is 0 Å². The molecule has 5 heteroatoms. The summed E-state index contributed by atoms with van der Waals surface area (Å²) in [5.74, 6) is -0.192. The second-order valence-corrected chi connectivity index (χ2v) is 5.22. The van der Waals surface area contributed by atoms with E-state index in [4.69, 9.17) is 0 Å². The smallest absolute Gasteiger partial charge is 0.242 e. The molecule has 1 saturated heterocycles. The van der Waals surface area contributed by atoms with E-state index in [1.165, 1.54) is 6.07 Å². The SMILES string of the molecule is CCC1(C(=O)N(C)Cc2ccccc2F)CCCN1.Cl. The number of halogens is 2. The van der Waals surface area contributed by atoms with Gasteiger partial charge >= 0.3 is 0 Å². The summed E-state index contributed by atoms with van der Waals surface area (Å²) in [4.78, 5) is 14.2. The molecule has 0 radical (unpaired) electrons. The summed E-state index contributed by atoms with van der Waals surface area (Å²) in [5.41, 5.74) is 0.114. The third-order valence-corrected chi connectivity index (χ3v) is 3.97. The third kappa shape index (κ3) is 3.30. The molecular formula is C15H22ClFN2O. The lowest BCUT2D eigenvalue weighted by Gasteiger charge is -2.32. The Balaban J connectivity index is 0.00000200. The summed E-state index contributed by atoms with van der Waals surface area (Å²) in [5, 5.41) is 3.32. The maximum absolute atomic E-state index is 13.6. The van der Waals surface area contributed by atoms with E-state index in [1.807, 2.05) is 6.92 Å². The van der Waals surface area contributed by atoms with E-state index >= 15 is 0 Å². The van der Waals surface area contributed by atoms with Crippen LogP contribution in [0, 0.1) is 5.82 Å². The van der Waals surface area contributed by atoms with Gasteiger partial charge < -0.3 is 10.2 Å². The van der Waals surface area contributed by atoms with Crippen molar-refractivity contribution in [3.05, 3.63) is 35.6 Å². The van der Waals surface area contributed by atoms with E-state index in [2.05, 4.69) is 5.32 Å². The summed E-state index contributed by atoms with van der Waals surface area (Å²) in [7, 11) is 1.74. The molecule has 0 bridgehead atoms. The van der Waals surface area contributed by atoms with Gasteiger partial charge in [0.25, 0.3) is 0 Å². The number of rotatable bonds is 4. The van der Waals surface area contributed by atoms with Crippen molar-refractivity contribution in [2.24, 2.45) is 0 Å². The highest BCUT2D eigenvalue weighted by atomic mass is 35.5. The molecule has 1 unspecified atom stereocenters. The fraction of sp³-hybridized carbons (Fsp3) is 0.533. The van der Waals surface area contributed by atoms with Crippen molar-refractivity contribution in [3.8, 4) is 0 Å². The van der Waals surface area contributed by atoms with Gasteiger partial charge in [-0.15, -0.1) is 12.4 Å². The minimum absolute atomic E-state index is 0. The second kappa shape index (κ2) is 7.04. The van der Waals surface area contributed by atoms with Gasteiger partial charge in [0.1, 0.15) is 5.82 Å². The van der Waals surface area contributed by atoms with Crippen molar-refractivity contribution >= 4 is 18.3 Å². The van der Waals surface area contributed by atoms with Crippen LogP contribution in [-0.4, -0.2) is 29.9 Å². The van der Waals surface area contributed by atoms with Gasteiger partial charge in [-0.05, 0) is 31.9 Å². The molecule has 1 aromatic carbocycles. The lowest BCUT2D eigenvalue weighted by molar-refractivity contribution is -0.137. The average Bonchev–Trinajstić information content (AvgIpc) is 2.90. The summed E-state index contributed by atoms with van der Waals surface area (Å²) in [6.07, 6.45) is 2.66.